The van der Waals surface area contributed by atoms with Crippen molar-refractivity contribution >= 4 is 5.69 Å². The van der Waals surface area contributed by atoms with Gasteiger partial charge in [0.2, 0.25) is 0 Å². The van der Waals surface area contributed by atoms with Crippen molar-refractivity contribution in [1.29, 1.82) is 0 Å². The summed E-state index contributed by atoms with van der Waals surface area (Å²) in [7, 11) is 0. The maximum atomic E-state index is 5.69. The molecule has 0 aliphatic carbocycles. The molecule has 11 heavy (non-hydrogen) atoms. The van der Waals surface area contributed by atoms with Gasteiger partial charge >= 0.3 is 0 Å². The molecule has 0 heterocycles. The Balaban J connectivity index is 3.15. The SMILES string of the molecule is C#Cc1ccc(N)c(CC)c1. The molecule has 0 atom stereocenters. The van der Waals surface area contributed by atoms with Gasteiger partial charge in [-0.25, -0.2) is 0 Å². The van der Waals surface area contributed by atoms with Gasteiger partial charge in [-0.3, -0.25) is 0 Å². The Morgan fingerprint density at radius 3 is 2.82 bits per heavy atom. The van der Waals surface area contributed by atoms with Crippen molar-refractivity contribution in [3.8, 4) is 12.3 Å². The zero-order chi connectivity index (χ0) is 8.27. The molecule has 1 rings (SSSR count). The van der Waals surface area contributed by atoms with Gasteiger partial charge in [0.05, 0.1) is 0 Å². The summed E-state index contributed by atoms with van der Waals surface area (Å²) in [6.45, 7) is 2.06. The van der Waals surface area contributed by atoms with Crippen LogP contribution in [0.15, 0.2) is 18.2 Å². The summed E-state index contributed by atoms with van der Waals surface area (Å²) in [5.74, 6) is 2.57. The van der Waals surface area contributed by atoms with E-state index >= 15 is 0 Å². The van der Waals surface area contributed by atoms with Crippen LogP contribution in [0, 0.1) is 12.3 Å². The van der Waals surface area contributed by atoms with E-state index in [0.717, 1.165) is 23.2 Å². The first-order valence-corrected chi connectivity index (χ1v) is 3.63. The molecule has 1 aromatic carbocycles. The standard InChI is InChI=1S/C10H11N/c1-3-8-5-6-10(11)9(4-2)7-8/h1,5-7H,4,11H2,2H3. The Kier molecular flexibility index (Phi) is 2.18. The largest absolute Gasteiger partial charge is 0.399 e. The first-order chi connectivity index (χ1) is 5.27. The molecular formula is C10H11N. The second-order valence-electron chi connectivity index (χ2n) is 2.41. The minimum atomic E-state index is 0.825. The summed E-state index contributed by atoms with van der Waals surface area (Å²) < 4.78 is 0. The monoisotopic (exact) mass is 145 g/mol. The zero-order valence-electron chi connectivity index (χ0n) is 6.59. The lowest BCUT2D eigenvalue weighted by Gasteiger charge is -2.01. The van der Waals surface area contributed by atoms with Crippen molar-refractivity contribution in [3.05, 3.63) is 29.3 Å². The van der Waals surface area contributed by atoms with E-state index in [1.165, 1.54) is 0 Å². The van der Waals surface area contributed by atoms with Gasteiger partial charge < -0.3 is 5.73 Å². The van der Waals surface area contributed by atoms with E-state index in [1.807, 2.05) is 18.2 Å². The summed E-state index contributed by atoms with van der Waals surface area (Å²) in [5.41, 5.74) is 8.54. The fourth-order valence-electron chi connectivity index (χ4n) is 1.00. The van der Waals surface area contributed by atoms with E-state index < -0.39 is 0 Å². The van der Waals surface area contributed by atoms with E-state index in [2.05, 4.69) is 12.8 Å². The average Bonchev–Trinajstić information content (AvgIpc) is 2.05. The van der Waals surface area contributed by atoms with Crippen LogP contribution in [0.2, 0.25) is 0 Å². The third kappa shape index (κ3) is 1.53. The van der Waals surface area contributed by atoms with Crippen LogP contribution in [0.4, 0.5) is 5.69 Å². The van der Waals surface area contributed by atoms with Crippen LogP contribution in [0.1, 0.15) is 18.1 Å². The molecule has 0 aromatic heterocycles. The molecule has 1 heteroatoms. The number of aryl methyl sites for hydroxylation is 1. The number of nitrogen functional groups attached to an aromatic ring is 1. The van der Waals surface area contributed by atoms with Crippen molar-refractivity contribution in [1.82, 2.24) is 0 Å². The van der Waals surface area contributed by atoms with Gasteiger partial charge in [-0.2, -0.15) is 0 Å². The highest BCUT2D eigenvalue weighted by Crippen LogP contribution is 2.13. The molecule has 1 nitrogen and oxygen atoms in total. The first kappa shape index (κ1) is 7.68. The Labute approximate surface area is 67.2 Å². The van der Waals surface area contributed by atoms with Crippen LogP contribution < -0.4 is 5.73 Å². The number of rotatable bonds is 1. The first-order valence-electron chi connectivity index (χ1n) is 3.63. The Morgan fingerprint density at radius 2 is 2.27 bits per heavy atom. The van der Waals surface area contributed by atoms with Gasteiger partial charge in [-0.05, 0) is 30.2 Å². The minimum Gasteiger partial charge on any atom is -0.399 e. The fraction of sp³-hybridized carbons (Fsp3) is 0.200. The minimum absolute atomic E-state index is 0.825. The predicted octanol–water partition coefficient (Wildman–Crippen LogP) is 1.81. The number of hydrogen-bond donors (Lipinski definition) is 1. The highest BCUT2D eigenvalue weighted by Gasteiger charge is 1.95. The Morgan fingerprint density at radius 1 is 1.55 bits per heavy atom. The lowest BCUT2D eigenvalue weighted by molar-refractivity contribution is 1.14. The van der Waals surface area contributed by atoms with Crippen LogP contribution in [-0.4, -0.2) is 0 Å². The quantitative estimate of drug-likeness (QED) is 0.473. The van der Waals surface area contributed by atoms with Gasteiger partial charge in [0.1, 0.15) is 0 Å². The van der Waals surface area contributed by atoms with Crippen LogP contribution in [-0.2, 0) is 6.42 Å². The van der Waals surface area contributed by atoms with Gasteiger partial charge in [-0.1, -0.05) is 12.8 Å². The smallest absolute Gasteiger partial charge is 0.0347 e. The van der Waals surface area contributed by atoms with Gasteiger partial charge in [0, 0.05) is 11.3 Å². The number of terminal acetylenes is 1. The molecule has 0 saturated heterocycles. The number of hydrogen-bond acceptors (Lipinski definition) is 1. The van der Waals surface area contributed by atoms with E-state index in [0.29, 0.717) is 0 Å². The van der Waals surface area contributed by atoms with Crippen molar-refractivity contribution in [2.45, 2.75) is 13.3 Å². The summed E-state index contributed by atoms with van der Waals surface area (Å²) >= 11 is 0. The lowest BCUT2D eigenvalue weighted by atomic mass is 10.1. The van der Waals surface area contributed by atoms with Crippen molar-refractivity contribution < 1.29 is 0 Å². The maximum Gasteiger partial charge on any atom is 0.0347 e. The van der Waals surface area contributed by atoms with Crippen molar-refractivity contribution in [2.24, 2.45) is 0 Å². The number of anilines is 1. The summed E-state index contributed by atoms with van der Waals surface area (Å²) in [5, 5.41) is 0. The average molecular weight is 145 g/mol. The molecule has 2 N–H and O–H groups in total. The molecule has 0 saturated carbocycles. The van der Waals surface area contributed by atoms with E-state index in [1.54, 1.807) is 0 Å². The lowest BCUT2D eigenvalue weighted by Crippen LogP contribution is -1.92. The predicted molar refractivity (Wildman–Crippen MR) is 48.2 cm³/mol. The maximum absolute atomic E-state index is 5.69. The number of nitrogens with two attached hydrogens (primary N) is 1. The summed E-state index contributed by atoms with van der Waals surface area (Å²) in [4.78, 5) is 0. The summed E-state index contributed by atoms with van der Waals surface area (Å²) in [6, 6.07) is 5.66. The van der Waals surface area contributed by atoms with E-state index in [4.69, 9.17) is 12.2 Å². The van der Waals surface area contributed by atoms with E-state index in [-0.39, 0.29) is 0 Å². The Hall–Kier alpha value is -1.42. The van der Waals surface area contributed by atoms with Gasteiger partial charge in [0.15, 0.2) is 0 Å². The highest BCUT2D eigenvalue weighted by molar-refractivity contribution is 5.51. The van der Waals surface area contributed by atoms with Crippen LogP contribution in [0.25, 0.3) is 0 Å². The van der Waals surface area contributed by atoms with Crippen molar-refractivity contribution in [3.63, 3.8) is 0 Å². The summed E-state index contributed by atoms with van der Waals surface area (Å²) in [6.07, 6.45) is 6.16. The fourth-order valence-corrected chi connectivity index (χ4v) is 1.00. The molecule has 0 unspecified atom stereocenters. The zero-order valence-corrected chi connectivity index (χ0v) is 6.59. The molecule has 0 spiro atoms. The van der Waals surface area contributed by atoms with Crippen molar-refractivity contribution in [2.75, 3.05) is 5.73 Å². The molecule has 0 radical (unpaired) electrons. The van der Waals surface area contributed by atoms with Gasteiger partial charge in [-0.15, -0.1) is 6.42 Å². The second-order valence-corrected chi connectivity index (χ2v) is 2.41. The highest BCUT2D eigenvalue weighted by atomic mass is 14.6. The topological polar surface area (TPSA) is 26.0 Å². The molecule has 56 valence electrons. The molecule has 0 aliphatic rings. The molecular weight excluding hydrogens is 134 g/mol. The molecule has 0 amide bonds. The molecule has 1 aromatic rings. The van der Waals surface area contributed by atoms with Crippen LogP contribution in [0.3, 0.4) is 0 Å². The number of benzene rings is 1. The third-order valence-electron chi connectivity index (χ3n) is 1.69. The van der Waals surface area contributed by atoms with Crippen LogP contribution >= 0.6 is 0 Å². The van der Waals surface area contributed by atoms with Crippen LogP contribution in [0.5, 0.6) is 0 Å². The third-order valence-corrected chi connectivity index (χ3v) is 1.69. The Bertz CT molecular complexity index is 294. The molecule has 0 aliphatic heterocycles. The van der Waals surface area contributed by atoms with Gasteiger partial charge in [0.25, 0.3) is 0 Å². The molecule has 0 fully saturated rings. The molecule has 0 bridgehead atoms. The van der Waals surface area contributed by atoms with E-state index in [9.17, 15) is 0 Å². The normalized spacial score (nSPS) is 9.09. The second kappa shape index (κ2) is 3.12.